The third-order valence-corrected chi connectivity index (χ3v) is 5.01. The maximum absolute atomic E-state index is 3.83. The molecule has 2 nitrogen and oxygen atoms in total. The molecule has 3 aliphatic rings. The van der Waals surface area contributed by atoms with Crippen molar-refractivity contribution in [3.63, 3.8) is 0 Å². The van der Waals surface area contributed by atoms with Gasteiger partial charge in [-0.3, -0.25) is 4.90 Å². The summed E-state index contributed by atoms with van der Waals surface area (Å²) in [6, 6.07) is 0.740. The highest BCUT2D eigenvalue weighted by molar-refractivity contribution is 5.09. The number of hydrogen-bond acceptors (Lipinski definition) is 2. The molecule has 0 aromatic heterocycles. The van der Waals surface area contributed by atoms with Crippen molar-refractivity contribution in [3.05, 3.63) is 0 Å². The van der Waals surface area contributed by atoms with Crippen molar-refractivity contribution in [3.8, 4) is 0 Å². The highest BCUT2D eigenvalue weighted by Gasteiger charge is 2.50. The average molecular weight is 208 g/mol. The van der Waals surface area contributed by atoms with Crippen molar-refractivity contribution in [1.29, 1.82) is 0 Å². The largest absolute Gasteiger partial charge is 0.308 e. The van der Waals surface area contributed by atoms with E-state index in [9.17, 15) is 0 Å². The number of nitrogens with zero attached hydrogens (tertiary/aromatic N) is 1. The quantitative estimate of drug-likeness (QED) is 0.710. The van der Waals surface area contributed by atoms with E-state index >= 15 is 0 Å². The summed E-state index contributed by atoms with van der Waals surface area (Å²) in [6.07, 6.45) is 8.54. The fourth-order valence-electron chi connectivity index (χ4n) is 3.59. The zero-order valence-corrected chi connectivity index (χ0v) is 10.2. The summed E-state index contributed by atoms with van der Waals surface area (Å²) in [5.41, 5.74) is 1.06. The molecule has 0 aromatic carbocycles. The molecule has 86 valence electrons. The van der Waals surface area contributed by atoms with Gasteiger partial charge in [-0.15, -0.1) is 0 Å². The molecule has 2 aliphatic carbocycles. The second-order valence-corrected chi connectivity index (χ2v) is 6.34. The molecule has 1 N–H and O–H groups in total. The molecule has 1 heterocycles. The van der Waals surface area contributed by atoms with Crippen LogP contribution in [0.4, 0.5) is 0 Å². The molecule has 2 heteroatoms. The Hall–Kier alpha value is -0.0800. The fraction of sp³-hybridized carbons (Fsp3) is 1.00. The predicted molar refractivity (Wildman–Crippen MR) is 63.0 cm³/mol. The Labute approximate surface area is 93.4 Å². The Balaban J connectivity index is 1.76. The van der Waals surface area contributed by atoms with Crippen LogP contribution in [0.3, 0.4) is 0 Å². The lowest BCUT2D eigenvalue weighted by Gasteiger charge is -2.48. The molecule has 0 bridgehead atoms. The number of piperazine rings is 1. The molecule has 1 spiro atoms. The van der Waals surface area contributed by atoms with Crippen LogP contribution >= 0.6 is 0 Å². The monoisotopic (exact) mass is 208 g/mol. The van der Waals surface area contributed by atoms with Crippen LogP contribution in [0.5, 0.6) is 0 Å². The van der Waals surface area contributed by atoms with Gasteiger partial charge in [-0.05, 0) is 39.5 Å². The minimum Gasteiger partial charge on any atom is -0.308 e. The van der Waals surface area contributed by atoms with Crippen molar-refractivity contribution in [2.24, 2.45) is 0 Å². The molecule has 3 rings (SSSR count). The van der Waals surface area contributed by atoms with Gasteiger partial charge in [0.15, 0.2) is 0 Å². The molecule has 0 amide bonds. The van der Waals surface area contributed by atoms with Gasteiger partial charge in [0.25, 0.3) is 0 Å². The first-order chi connectivity index (χ1) is 7.14. The molecule has 0 radical (unpaired) electrons. The van der Waals surface area contributed by atoms with E-state index in [1.54, 1.807) is 0 Å². The zero-order chi connectivity index (χ0) is 10.5. The van der Waals surface area contributed by atoms with Crippen LogP contribution in [0.15, 0.2) is 0 Å². The van der Waals surface area contributed by atoms with E-state index in [0.717, 1.165) is 6.04 Å². The van der Waals surface area contributed by atoms with Crippen LogP contribution in [0, 0.1) is 0 Å². The Morgan fingerprint density at radius 3 is 2.40 bits per heavy atom. The molecule has 3 fully saturated rings. The Bertz CT molecular complexity index is 251. The highest BCUT2D eigenvalue weighted by atomic mass is 15.3. The smallest absolute Gasteiger partial charge is 0.0309 e. The van der Waals surface area contributed by atoms with E-state index in [0.29, 0.717) is 11.1 Å². The van der Waals surface area contributed by atoms with Crippen LogP contribution in [-0.4, -0.2) is 35.1 Å². The SMILES string of the molecule is CC1CNC2(CCCC2)CN1C1(C)CC1. The molecule has 1 saturated heterocycles. The first-order valence-electron chi connectivity index (χ1n) is 6.65. The number of hydrogen-bond donors (Lipinski definition) is 1. The minimum atomic E-state index is 0.498. The normalized spacial score (nSPS) is 38.4. The lowest BCUT2D eigenvalue weighted by atomic mass is 9.91. The maximum atomic E-state index is 3.83. The van der Waals surface area contributed by atoms with Gasteiger partial charge in [0.1, 0.15) is 0 Å². The molecule has 0 aromatic rings. The third-order valence-electron chi connectivity index (χ3n) is 5.01. The van der Waals surface area contributed by atoms with Crippen LogP contribution in [0.1, 0.15) is 52.4 Å². The van der Waals surface area contributed by atoms with E-state index in [4.69, 9.17) is 0 Å². The van der Waals surface area contributed by atoms with Crippen molar-refractivity contribution < 1.29 is 0 Å². The van der Waals surface area contributed by atoms with Gasteiger partial charge < -0.3 is 5.32 Å². The summed E-state index contributed by atoms with van der Waals surface area (Å²) in [5, 5.41) is 3.83. The maximum Gasteiger partial charge on any atom is 0.0309 e. The molecular formula is C13H24N2. The average Bonchev–Trinajstić information content (AvgIpc) is 2.81. The summed E-state index contributed by atoms with van der Waals surface area (Å²) in [7, 11) is 0. The summed E-state index contributed by atoms with van der Waals surface area (Å²) >= 11 is 0. The van der Waals surface area contributed by atoms with Crippen LogP contribution in [0.2, 0.25) is 0 Å². The first-order valence-corrected chi connectivity index (χ1v) is 6.65. The molecular weight excluding hydrogens is 184 g/mol. The second-order valence-electron chi connectivity index (χ2n) is 6.34. The van der Waals surface area contributed by atoms with E-state index in [1.807, 2.05) is 0 Å². The van der Waals surface area contributed by atoms with E-state index in [2.05, 4.69) is 24.1 Å². The van der Waals surface area contributed by atoms with Crippen molar-refractivity contribution >= 4 is 0 Å². The predicted octanol–water partition coefficient (Wildman–Crippen LogP) is 2.15. The number of rotatable bonds is 1. The van der Waals surface area contributed by atoms with Crippen molar-refractivity contribution in [2.45, 2.75) is 69.5 Å². The topological polar surface area (TPSA) is 15.3 Å². The minimum absolute atomic E-state index is 0.498. The van der Waals surface area contributed by atoms with Gasteiger partial charge in [-0.2, -0.15) is 0 Å². The summed E-state index contributed by atoms with van der Waals surface area (Å²) in [6.45, 7) is 7.36. The molecule has 2 saturated carbocycles. The van der Waals surface area contributed by atoms with Gasteiger partial charge in [0, 0.05) is 30.2 Å². The van der Waals surface area contributed by atoms with E-state index in [1.165, 1.54) is 51.6 Å². The van der Waals surface area contributed by atoms with Gasteiger partial charge in [0.05, 0.1) is 0 Å². The van der Waals surface area contributed by atoms with Crippen LogP contribution in [0.25, 0.3) is 0 Å². The van der Waals surface area contributed by atoms with Crippen molar-refractivity contribution in [1.82, 2.24) is 10.2 Å². The van der Waals surface area contributed by atoms with E-state index < -0.39 is 0 Å². The Morgan fingerprint density at radius 2 is 1.80 bits per heavy atom. The lowest BCUT2D eigenvalue weighted by Crippen LogP contribution is -2.64. The summed E-state index contributed by atoms with van der Waals surface area (Å²) in [4.78, 5) is 2.80. The molecule has 1 aliphatic heterocycles. The van der Waals surface area contributed by atoms with Gasteiger partial charge >= 0.3 is 0 Å². The Morgan fingerprint density at radius 1 is 1.13 bits per heavy atom. The van der Waals surface area contributed by atoms with Gasteiger partial charge in [-0.1, -0.05) is 12.8 Å². The van der Waals surface area contributed by atoms with Gasteiger partial charge in [0.2, 0.25) is 0 Å². The van der Waals surface area contributed by atoms with Crippen molar-refractivity contribution in [2.75, 3.05) is 13.1 Å². The zero-order valence-electron chi connectivity index (χ0n) is 10.2. The third kappa shape index (κ3) is 1.62. The second kappa shape index (κ2) is 3.21. The van der Waals surface area contributed by atoms with Gasteiger partial charge in [-0.25, -0.2) is 0 Å². The first kappa shape index (κ1) is 10.1. The van der Waals surface area contributed by atoms with E-state index in [-0.39, 0.29) is 0 Å². The molecule has 1 atom stereocenters. The highest BCUT2D eigenvalue weighted by Crippen LogP contribution is 2.45. The number of nitrogens with one attached hydrogen (secondary N) is 1. The van der Waals surface area contributed by atoms with Crippen LogP contribution < -0.4 is 5.32 Å². The summed E-state index contributed by atoms with van der Waals surface area (Å²) in [5.74, 6) is 0. The molecule has 1 unspecified atom stereocenters. The Kier molecular flexibility index (Phi) is 2.16. The summed E-state index contributed by atoms with van der Waals surface area (Å²) < 4.78 is 0. The standard InChI is InChI=1S/C13H24N2/c1-11-9-14-13(5-3-4-6-13)10-15(11)12(2)7-8-12/h11,14H,3-10H2,1-2H3. The molecule has 15 heavy (non-hydrogen) atoms. The van der Waals surface area contributed by atoms with Crippen LogP contribution in [-0.2, 0) is 0 Å². The lowest BCUT2D eigenvalue weighted by molar-refractivity contribution is 0.0461. The fourth-order valence-corrected chi connectivity index (χ4v) is 3.59.